The summed E-state index contributed by atoms with van der Waals surface area (Å²) < 4.78 is 36.6. The predicted octanol–water partition coefficient (Wildman–Crippen LogP) is 3.31. The first-order chi connectivity index (χ1) is 5.96. The van der Waals surface area contributed by atoms with Gasteiger partial charge in [-0.3, -0.25) is 0 Å². The molecule has 72 valence electrons. The average Bonchev–Trinajstić information content (AvgIpc) is 2.02. The van der Waals surface area contributed by atoms with Gasteiger partial charge in [0.1, 0.15) is 5.75 Å². The maximum absolute atomic E-state index is 12.2. The van der Waals surface area contributed by atoms with Crippen LogP contribution in [0.4, 0.5) is 13.2 Å². The first kappa shape index (κ1) is 10.4. The largest absolute Gasteiger partial charge is 0.507 e. The summed E-state index contributed by atoms with van der Waals surface area (Å²) in [4.78, 5) is 0. The number of benzene rings is 1. The summed E-state index contributed by atoms with van der Waals surface area (Å²) in [6, 6.07) is 3.54. The highest BCUT2D eigenvalue weighted by molar-refractivity contribution is 9.08. The van der Waals surface area contributed by atoms with Crippen LogP contribution in [0.1, 0.15) is 11.1 Å². The van der Waals surface area contributed by atoms with Gasteiger partial charge in [-0.15, -0.1) is 0 Å². The van der Waals surface area contributed by atoms with Crippen LogP contribution < -0.4 is 0 Å². The van der Waals surface area contributed by atoms with Gasteiger partial charge in [0.25, 0.3) is 0 Å². The minimum Gasteiger partial charge on any atom is -0.507 e. The summed E-state index contributed by atoms with van der Waals surface area (Å²) in [6.45, 7) is 0. The summed E-state index contributed by atoms with van der Waals surface area (Å²) in [5.41, 5.74) is -0.765. The summed E-state index contributed by atoms with van der Waals surface area (Å²) in [6.07, 6.45) is -4.50. The normalized spacial score (nSPS) is 11.7. The smallest absolute Gasteiger partial charge is 0.419 e. The molecule has 0 unspecified atom stereocenters. The molecule has 1 nitrogen and oxygen atoms in total. The molecule has 0 aromatic heterocycles. The first-order valence-electron chi connectivity index (χ1n) is 3.41. The Kier molecular flexibility index (Phi) is 2.85. The van der Waals surface area contributed by atoms with Crippen molar-refractivity contribution in [1.82, 2.24) is 0 Å². The summed E-state index contributed by atoms with van der Waals surface area (Å²) in [5, 5.41) is 9.37. The fourth-order valence-corrected chi connectivity index (χ4v) is 1.38. The van der Waals surface area contributed by atoms with Crippen molar-refractivity contribution < 1.29 is 18.3 Å². The Morgan fingerprint density at radius 1 is 1.31 bits per heavy atom. The van der Waals surface area contributed by atoms with E-state index < -0.39 is 17.5 Å². The Balaban J connectivity index is 3.24. The zero-order valence-electron chi connectivity index (χ0n) is 6.40. The second kappa shape index (κ2) is 3.57. The quantitative estimate of drug-likeness (QED) is 0.763. The van der Waals surface area contributed by atoms with Crippen LogP contribution >= 0.6 is 15.9 Å². The van der Waals surface area contributed by atoms with Crippen molar-refractivity contribution in [2.24, 2.45) is 0 Å². The van der Waals surface area contributed by atoms with Crippen LogP contribution in [-0.4, -0.2) is 5.11 Å². The molecule has 1 rings (SSSR count). The van der Waals surface area contributed by atoms with E-state index in [2.05, 4.69) is 15.9 Å². The van der Waals surface area contributed by atoms with Crippen molar-refractivity contribution >= 4 is 15.9 Å². The molecule has 0 fully saturated rings. The molecule has 0 aliphatic rings. The number of halogens is 4. The van der Waals surface area contributed by atoms with E-state index in [4.69, 9.17) is 0 Å². The Hall–Kier alpha value is -0.710. The molecule has 13 heavy (non-hydrogen) atoms. The van der Waals surface area contributed by atoms with E-state index in [-0.39, 0.29) is 10.9 Å². The molecule has 5 heteroatoms. The molecular weight excluding hydrogens is 249 g/mol. The van der Waals surface area contributed by atoms with E-state index in [0.717, 1.165) is 6.07 Å². The van der Waals surface area contributed by atoms with Gasteiger partial charge in [0.05, 0.1) is 5.56 Å². The van der Waals surface area contributed by atoms with Crippen LogP contribution in [0.25, 0.3) is 0 Å². The lowest BCUT2D eigenvalue weighted by atomic mass is 10.1. The van der Waals surface area contributed by atoms with Crippen molar-refractivity contribution in [1.29, 1.82) is 0 Å². The fraction of sp³-hybridized carbons (Fsp3) is 0.250. The Morgan fingerprint density at radius 2 is 1.92 bits per heavy atom. The molecular formula is C8H6BrF3O. The number of aromatic hydroxyl groups is 1. The zero-order valence-corrected chi connectivity index (χ0v) is 7.98. The van der Waals surface area contributed by atoms with Gasteiger partial charge in [-0.1, -0.05) is 28.1 Å². The Labute approximate surface area is 81.3 Å². The maximum atomic E-state index is 12.2. The van der Waals surface area contributed by atoms with Gasteiger partial charge >= 0.3 is 6.18 Å². The highest BCUT2D eigenvalue weighted by atomic mass is 79.9. The van der Waals surface area contributed by atoms with Crippen molar-refractivity contribution in [3.8, 4) is 5.75 Å². The molecule has 0 saturated heterocycles. The van der Waals surface area contributed by atoms with E-state index in [1.807, 2.05) is 0 Å². The highest BCUT2D eigenvalue weighted by Crippen LogP contribution is 2.37. The molecule has 0 aliphatic carbocycles. The van der Waals surface area contributed by atoms with E-state index in [1.54, 1.807) is 0 Å². The minimum atomic E-state index is -4.50. The lowest BCUT2D eigenvalue weighted by molar-refractivity contribution is -0.138. The molecule has 0 aliphatic heterocycles. The SMILES string of the molecule is Oc1c(CBr)cccc1C(F)(F)F. The highest BCUT2D eigenvalue weighted by Gasteiger charge is 2.34. The van der Waals surface area contributed by atoms with Crippen LogP contribution in [0, 0.1) is 0 Å². The Bertz CT molecular complexity index is 309. The summed E-state index contributed by atoms with van der Waals surface area (Å²) in [7, 11) is 0. The van der Waals surface area contributed by atoms with Crippen LogP contribution in [0.2, 0.25) is 0 Å². The number of para-hydroxylation sites is 1. The van der Waals surface area contributed by atoms with Crippen LogP contribution in [0.5, 0.6) is 5.75 Å². The molecule has 0 radical (unpaired) electrons. The van der Waals surface area contributed by atoms with Gasteiger partial charge < -0.3 is 5.11 Å². The predicted molar refractivity (Wildman–Crippen MR) is 45.7 cm³/mol. The zero-order chi connectivity index (χ0) is 10.1. The molecule has 1 aromatic rings. The van der Waals surface area contributed by atoms with Gasteiger partial charge in [-0.25, -0.2) is 0 Å². The average molecular weight is 255 g/mol. The molecule has 0 spiro atoms. The molecule has 1 N–H and O–H groups in total. The van der Waals surface area contributed by atoms with E-state index in [1.165, 1.54) is 12.1 Å². The number of phenols is 1. The lowest BCUT2D eigenvalue weighted by Crippen LogP contribution is -2.05. The van der Waals surface area contributed by atoms with Crippen LogP contribution in [-0.2, 0) is 11.5 Å². The van der Waals surface area contributed by atoms with Gasteiger partial charge in [0.15, 0.2) is 0 Å². The van der Waals surface area contributed by atoms with Crippen molar-refractivity contribution in [2.75, 3.05) is 0 Å². The topological polar surface area (TPSA) is 20.2 Å². The number of hydrogen-bond acceptors (Lipinski definition) is 1. The number of phenolic OH excluding ortho intramolecular Hbond substituents is 1. The van der Waals surface area contributed by atoms with E-state index in [9.17, 15) is 18.3 Å². The van der Waals surface area contributed by atoms with Gasteiger partial charge in [-0.2, -0.15) is 13.2 Å². The first-order valence-corrected chi connectivity index (χ1v) is 4.53. The van der Waals surface area contributed by atoms with Gasteiger partial charge in [0.2, 0.25) is 0 Å². The molecule has 1 aromatic carbocycles. The fourth-order valence-electron chi connectivity index (χ4n) is 0.928. The van der Waals surface area contributed by atoms with E-state index in [0.29, 0.717) is 0 Å². The second-order valence-electron chi connectivity index (χ2n) is 2.44. The lowest BCUT2D eigenvalue weighted by Gasteiger charge is -2.10. The second-order valence-corrected chi connectivity index (χ2v) is 3.01. The molecule has 0 atom stereocenters. The standard InChI is InChI=1S/C8H6BrF3O/c9-4-5-2-1-3-6(7(5)13)8(10,11)12/h1-3,13H,4H2. The monoisotopic (exact) mass is 254 g/mol. The molecule has 0 bridgehead atoms. The van der Waals surface area contributed by atoms with Crippen molar-refractivity contribution in [3.63, 3.8) is 0 Å². The third-order valence-corrected chi connectivity index (χ3v) is 2.17. The van der Waals surface area contributed by atoms with Crippen LogP contribution in [0.15, 0.2) is 18.2 Å². The maximum Gasteiger partial charge on any atom is 0.419 e. The number of rotatable bonds is 1. The van der Waals surface area contributed by atoms with Crippen molar-refractivity contribution in [3.05, 3.63) is 29.3 Å². The molecule has 0 amide bonds. The number of hydrogen-bond donors (Lipinski definition) is 1. The minimum absolute atomic E-state index is 0.197. The number of alkyl halides is 4. The Morgan fingerprint density at radius 3 is 2.38 bits per heavy atom. The summed E-state index contributed by atoms with van der Waals surface area (Å²) in [5.74, 6) is -0.702. The van der Waals surface area contributed by atoms with Gasteiger partial charge in [-0.05, 0) is 6.07 Å². The van der Waals surface area contributed by atoms with Crippen molar-refractivity contribution in [2.45, 2.75) is 11.5 Å². The van der Waals surface area contributed by atoms with Crippen LogP contribution in [0.3, 0.4) is 0 Å². The molecule has 0 saturated carbocycles. The third-order valence-electron chi connectivity index (χ3n) is 1.57. The summed E-state index contributed by atoms with van der Waals surface area (Å²) >= 11 is 2.98. The third kappa shape index (κ3) is 2.15. The van der Waals surface area contributed by atoms with E-state index >= 15 is 0 Å². The molecule has 0 heterocycles. The van der Waals surface area contributed by atoms with Gasteiger partial charge in [0, 0.05) is 10.9 Å².